The molecule has 2 heteroatoms. The summed E-state index contributed by atoms with van der Waals surface area (Å²) in [6.07, 6.45) is 4.40. The number of benzene rings is 8. The first kappa shape index (κ1) is 37.0. The van der Waals surface area contributed by atoms with E-state index >= 15 is 0 Å². The maximum Gasteiger partial charge on any atom is 0.0714 e. The molecule has 2 aliphatic rings. The van der Waals surface area contributed by atoms with Crippen LogP contribution in [0.15, 0.2) is 207 Å². The molecule has 0 amide bonds. The van der Waals surface area contributed by atoms with Crippen LogP contribution in [0.4, 0.5) is 11.4 Å². The molecule has 0 fully saturated rings. The van der Waals surface area contributed by atoms with Crippen molar-refractivity contribution < 1.29 is 0 Å². The molecule has 11 rings (SSSR count). The second-order valence-corrected chi connectivity index (χ2v) is 17.8. The summed E-state index contributed by atoms with van der Waals surface area (Å²) in [5.41, 5.74) is 18.9. The van der Waals surface area contributed by atoms with Crippen molar-refractivity contribution >= 4 is 44.6 Å². The Morgan fingerprint density at radius 2 is 1.07 bits per heavy atom. The lowest BCUT2D eigenvalue weighted by Gasteiger charge is -2.35. The van der Waals surface area contributed by atoms with Crippen molar-refractivity contribution in [3.63, 3.8) is 0 Å². The van der Waals surface area contributed by atoms with Gasteiger partial charge in [-0.2, -0.15) is 0 Å². The van der Waals surface area contributed by atoms with E-state index in [4.69, 9.17) is 6.58 Å². The standard InChI is InChI=1S/C59H45NS/c1-5-21-50-47-29-15-19-35-55(47)61-57(50)39(2)60(54-34-18-14-28-46(54)49-31-20-30-48-44-27-12-16-32-51(44)58(3,4)56(48)49)42-36-37-45-43-26-13-17-33-52(43)59(53(45)38-42,40-22-8-6-9-23-40)41-24-10-7-11-25-41/h5-38H,2H2,1,3-4H3/b21-5-. The highest BCUT2D eigenvalue weighted by atomic mass is 32.1. The Morgan fingerprint density at radius 1 is 0.525 bits per heavy atom. The number of fused-ring (bicyclic) bond motifs is 7. The van der Waals surface area contributed by atoms with Crippen molar-refractivity contribution in [3.8, 4) is 33.4 Å². The molecule has 0 atom stereocenters. The molecule has 0 radical (unpaired) electrons. The van der Waals surface area contributed by atoms with Gasteiger partial charge in [0.2, 0.25) is 0 Å². The Kier molecular flexibility index (Phi) is 8.70. The highest BCUT2D eigenvalue weighted by molar-refractivity contribution is 7.20. The third kappa shape index (κ3) is 5.45. The van der Waals surface area contributed by atoms with Gasteiger partial charge in [-0.05, 0) is 92.4 Å². The number of nitrogens with zero attached hydrogens (tertiary/aromatic N) is 1. The van der Waals surface area contributed by atoms with Gasteiger partial charge in [-0.1, -0.05) is 202 Å². The van der Waals surface area contributed by atoms with Crippen LogP contribution in [0.5, 0.6) is 0 Å². The zero-order valence-corrected chi connectivity index (χ0v) is 35.5. The van der Waals surface area contributed by atoms with Crippen LogP contribution in [-0.4, -0.2) is 0 Å². The maximum absolute atomic E-state index is 5.07. The van der Waals surface area contributed by atoms with Crippen LogP contribution in [-0.2, 0) is 10.8 Å². The van der Waals surface area contributed by atoms with Gasteiger partial charge in [0.25, 0.3) is 0 Å². The van der Waals surface area contributed by atoms with Crippen molar-refractivity contribution in [2.75, 3.05) is 4.90 Å². The largest absolute Gasteiger partial charge is 0.309 e. The summed E-state index contributed by atoms with van der Waals surface area (Å²) < 4.78 is 1.25. The average molecular weight is 800 g/mol. The summed E-state index contributed by atoms with van der Waals surface area (Å²) >= 11 is 1.82. The van der Waals surface area contributed by atoms with E-state index in [1.54, 1.807) is 0 Å². The Hall–Kier alpha value is -7.00. The van der Waals surface area contributed by atoms with Crippen molar-refractivity contribution in [3.05, 3.63) is 251 Å². The van der Waals surface area contributed by atoms with E-state index in [0.717, 1.165) is 21.9 Å². The summed E-state index contributed by atoms with van der Waals surface area (Å²) in [6.45, 7) is 11.9. The van der Waals surface area contributed by atoms with Gasteiger partial charge in [-0.25, -0.2) is 0 Å². The van der Waals surface area contributed by atoms with Crippen molar-refractivity contribution in [2.45, 2.75) is 31.6 Å². The SMILES string of the molecule is C=C(c1sc2ccccc2c1/C=C\C)N(c1ccc2c(c1)C(c1ccccc1)(c1ccccc1)c1ccccc1-2)c1ccccc1-c1cccc2c1C(C)(C)c1ccccc1-2. The topological polar surface area (TPSA) is 3.24 Å². The van der Waals surface area contributed by atoms with Gasteiger partial charge in [0.1, 0.15) is 0 Å². The summed E-state index contributed by atoms with van der Waals surface area (Å²) in [5.74, 6) is 0. The lowest BCUT2D eigenvalue weighted by molar-refractivity contribution is 0.662. The van der Waals surface area contributed by atoms with E-state index in [1.807, 2.05) is 11.3 Å². The normalized spacial score (nSPS) is 14.1. The Balaban J connectivity index is 1.20. The molecule has 0 spiro atoms. The summed E-state index contributed by atoms with van der Waals surface area (Å²) in [5, 5.41) is 1.24. The molecule has 0 saturated heterocycles. The molecule has 0 saturated carbocycles. The first-order valence-electron chi connectivity index (χ1n) is 21.2. The smallest absolute Gasteiger partial charge is 0.0714 e. The summed E-state index contributed by atoms with van der Waals surface area (Å²) in [4.78, 5) is 3.60. The molecule has 1 nitrogen and oxygen atoms in total. The van der Waals surface area contributed by atoms with Crippen molar-refractivity contribution in [1.29, 1.82) is 0 Å². The van der Waals surface area contributed by atoms with Crippen molar-refractivity contribution in [2.24, 2.45) is 0 Å². The first-order valence-corrected chi connectivity index (χ1v) is 22.1. The van der Waals surface area contributed by atoms with Gasteiger partial charge in [-0.15, -0.1) is 11.3 Å². The van der Waals surface area contributed by atoms with Gasteiger partial charge < -0.3 is 4.90 Å². The third-order valence-electron chi connectivity index (χ3n) is 13.2. The van der Waals surface area contributed by atoms with Crippen LogP contribution in [0, 0.1) is 0 Å². The number of hydrogen-bond acceptors (Lipinski definition) is 2. The lowest BCUT2D eigenvalue weighted by Crippen LogP contribution is -2.28. The first-order chi connectivity index (χ1) is 29.9. The number of thiophene rings is 1. The molecular weight excluding hydrogens is 755 g/mol. The zero-order chi connectivity index (χ0) is 41.3. The Bertz CT molecular complexity index is 3160. The summed E-state index contributed by atoms with van der Waals surface area (Å²) in [7, 11) is 0. The van der Waals surface area contributed by atoms with Crippen LogP contribution in [0.25, 0.3) is 55.2 Å². The molecule has 1 heterocycles. The fourth-order valence-corrected chi connectivity index (χ4v) is 11.8. The van der Waals surface area contributed by atoms with Gasteiger partial charge in [0.05, 0.1) is 21.7 Å². The van der Waals surface area contributed by atoms with Gasteiger partial charge in [0, 0.05) is 32.3 Å². The fourth-order valence-electron chi connectivity index (χ4n) is 10.7. The molecule has 61 heavy (non-hydrogen) atoms. The van der Waals surface area contributed by atoms with E-state index in [-0.39, 0.29) is 5.41 Å². The zero-order valence-electron chi connectivity index (χ0n) is 34.7. The van der Waals surface area contributed by atoms with Crippen LogP contribution in [0.3, 0.4) is 0 Å². The highest BCUT2D eigenvalue weighted by Crippen LogP contribution is 2.58. The average Bonchev–Trinajstić information content (AvgIpc) is 3.91. The number of allylic oxidation sites excluding steroid dienone is 1. The minimum atomic E-state index is -0.541. The van der Waals surface area contributed by atoms with E-state index in [9.17, 15) is 0 Å². The number of para-hydroxylation sites is 1. The minimum Gasteiger partial charge on any atom is -0.309 e. The molecule has 1 aromatic heterocycles. The van der Waals surface area contributed by atoms with E-state index < -0.39 is 5.41 Å². The van der Waals surface area contributed by atoms with Crippen LogP contribution >= 0.6 is 11.3 Å². The number of hydrogen-bond donors (Lipinski definition) is 0. The van der Waals surface area contributed by atoms with Crippen LogP contribution in [0.1, 0.15) is 64.6 Å². The van der Waals surface area contributed by atoms with Crippen molar-refractivity contribution in [1.82, 2.24) is 0 Å². The van der Waals surface area contributed by atoms with E-state index in [2.05, 4.69) is 232 Å². The van der Waals surface area contributed by atoms with Crippen LogP contribution < -0.4 is 4.90 Å². The van der Waals surface area contributed by atoms with E-state index in [1.165, 1.54) is 82.4 Å². The third-order valence-corrected chi connectivity index (χ3v) is 14.5. The molecule has 0 unspecified atom stereocenters. The molecule has 8 aromatic carbocycles. The fraction of sp³-hybridized carbons (Fsp3) is 0.0847. The van der Waals surface area contributed by atoms with Gasteiger partial charge in [-0.3, -0.25) is 0 Å². The molecule has 292 valence electrons. The van der Waals surface area contributed by atoms with E-state index in [0.29, 0.717) is 0 Å². The molecule has 0 N–H and O–H groups in total. The molecular formula is C59H45NS. The quantitative estimate of drug-likeness (QED) is 0.148. The van der Waals surface area contributed by atoms with Gasteiger partial charge >= 0.3 is 0 Å². The molecule has 9 aromatic rings. The highest BCUT2D eigenvalue weighted by Gasteiger charge is 2.46. The maximum atomic E-state index is 5.07. The van der Waals surface area contributed by atoms with Gasteiger partial charge in [0.15, 0.2) is 0 Å². The monoisotopic (exact) mass is 799 g/mol. The minimum absolute atomic E-state index is 0.188. The number of rotatable bonds is 8. The summed E-state index contributed by atoms with van der Waals surface area (Å²) in [6, 6.07) is 71.8. The predicted molar refractivity (Wildman–Crippen MR) is 261 cm³/mol. The predicted octanol–water partition coefficient (Wildman–Crippen LogP) is 16.1. The Morgan fingerprint density at radius 3 is 1.77 bits per heavy atom. The molecule has 0 aliphatic heterocycles. The molecule has 2 aliphatic carbocycles. The molecule has 0 bridgehead atoms. The number of anilines is 2. The lowest BCUT2D eigenvalue weighted by atomic mass is 9.67. The second-order valence-electron chi connectivity index (χ2n) is 16.8. The Labute approximate surface area is 363 Å². The van der Waals surface area contributed by atoms with Crippen LogP contribution in [0.2, 0.25) is 0 Å². The second kappa shape index (κ2) is 14.3.